The van der Waals surface area contributed by atoms with Crippen LogP contribution in [0, 0.1) is 0 Å². The van der Waals surface area contributed by atoms with Gasteiger partial charge < -0.3 is 9.84 Å². The first-order valence-corrected chi connectivity index (χ1v) is 7.38. The van der Waals surface area contributed by atoms with Crippen LogP contribution in [0.4, 0.5) is 0 Å². The Morgan fingerprint density at radius 3 is 1.86 bits per heavy atom. The molecule has 0 amide bonds. The second-order valence-electron chi connectivity index (χ2n) is 3.47. The number of ether oxygens (including phenoxy) is 1. The van der Waals surface area contributed by atoms with Gasteiger partial charge >= 0.3 is 11.9 Å². The molecule has 0 atom stereocenters. The van der Waals surface area contributed by atoms with Crippen LogP contribution in [0.5, 0.6) is 0 Å². The fraction of sp³-hybridized carbons (Fsp3) is 0.167. The Bertz CT molecular complexity index is 635. The first kappa shape index (κ1) is 18.1. The molecule has 0 fully saturated rings. The number of aromatic nitrogens is 4. The molecule has 0 aliphatic carbocycles. The molecule has 0 aliphatic rings. The first-order chi connectivity index (χ1) is 10.4. The molecule has 0 unspecified atom stereocenters. The van der Waals surface area contributed by atoms with Crippen LogP contribution < -0.4 is 0 Å². The Labute approximate surface area is 142 Å². The van der Waals surface area contributed by atoms with Crippen molar-refractivity contribution in [3.63, 3.8) is 0 Å². The summed E-state index contributed by atoms with van der Waals surface area (Å²) in [4.78, 5) is 36.1. The number of hydrogen-bond donors (Lipinski definition) is 1. The zero-order chi connectivity index (χ0) is 16.5. The smallest absolute Gasteiger partial charge is 0.358 e. The predicted molar refractivity (Wildman–Crippen MR) is 82.4 cm³/mol. The van der Waals surface area contributed by atoms with Crippen LogP contribution >= 0.6 is 31.9 Å². The summed E-state index contributed by atoms with van der Waals surface area (Å²) in [5, 5.41) is 8.36. The van der Waals surface area contributed by atoms with Gasteiger partial charge in [-0.05, 0) is 38.8 Å². The fourth-order valence-electron chi connectivity index (χ4n) is 1.05. The maximum absolute atomic E-state index is 11.0. The summed E-state index contributed by atoms with van der Waals surface area (Å²) in [6.07, 6.45) is 5.34. The van der Waals surface area contributed by atoms with Crippen molar-refractivity contribution >= 4 is 43.8 Å². The minimum absolute atomic E-state index is 0.0526. The van der Waals surface area contributed by atoms with Crippen molar-refractivity contribution in [3.05, 3.63) is 45.4 Å². The average molecular weight is 434 g/mol. The summed E-state index contributed by atoms with van der Waals surface area (Å²) >= 11 is 6.14. The number of rotatable bonds is 3. The van der Waals surface area contributed by atoms with Crippen molar-refractivity contribution in [2.75, 3.05) is 6.61 Å². The number of hydrogen-bond acceptors (Lipinski definition) is 7. The Kier molecular flexibility index (Phi) is 7.54. The second-order valence-corrected chi connectivity index (χ2v) is 5.10. The number of carboxylic acid groups (broad SMARTS) is 1. The minimum atomic E-state index is -1.07. The SMILES string of the molecule is CCOC(=O)c1cnc(Br)cn1.O=C(O)c1cnc(Br)cn1. The molecule has 0 aliphatic heterocycles. The van der Waals surface area contributed by atoms with E-state index in [2.05, 4.69) is 51.8 Å². The molecule has 0 saturated carbocycles. The van der Waals surface area contributed by atoms with Crippen LogP contribution in [0.15, 0.2) is 34.0 Å². The van der Waals surface area contributed by atoms with E-state index in [1.807, 2.05) is 0 Å². The van der Waals surface area contributed by atoms with E-state index < -0.39 is 11.9 Å². The third-order valence-corrected chi connectivity index (χ3v) is 2.76. The molecule has 2 aromatic heterocycles. The molecule has 8 nitrogen and oxygen atoms in total. The lowest BCUT2D eigenvalue weighted by molar-refractivity contribution is 0.0518. The number of esters is 1. The molecule has 0 spiro atoms. The Morgan fingerprint density at radius 2 is 1.50 bits per heavy atom. The van der Waals surface area contributed by atoms with Crippen molar-refractivity contribution in [1.82, 2.24) is 19.9 Å². The van der Waals surface area contributed by atoms with Gasteiger partial charge in [0, 0.05) is 0 Å². The standard InChI is InChI=1S/C7H7BrN2O2.C5H3BrN2O2/c1-2-12-7(11)5-3-10-6(8)4-9-5;6-4-2-7-3(1-8-4)5(9)10/h3-4H,2H2,1H3;1-2H,(H,9,10). The summed E-state index contributed by atoms with van der Waals surface area (Å²) in [6, 6.07) is 0. The lowest BCUT2D eigenvalue weighted by Crippen LogP contribution is -2.07. The minimum Gasteiger partial charge on any atom is -0.476 e. The van der Waals surface area contributed by atoms with Crippen LogP contribution in [-0.2, 0) is 4.74 Å². The van der Waals surface area contributed by atoms with Crippen LogP contribution in [0.3, 0.4) is 0 Å². The number of aromatic carboxylic acids is 1. The van der Waals surface area contributed by atoms with Crippen molar-refractivity contribution in [2.24, 2.45) is 0 Å². The Balaban J connectivity index is 0.000000224. The van der Waals surface area contributed by atoms with Crippen LogP contribution in [0.25, 0.3) is 0 Å². The number of carbonyl (C=O) groups excluding carboxylic acids is 1. The van der Waals surface area contributed by atoms with Gasteiger partial charge in [-0.3, -0.25) is 0 Å². The normalized spacial score (nSPS) is 9.41. The third-order valence-electron chi connectivity index (χ3n) is 1.94. The van der Waals surface area contributed by atoms with Crippen molar-refractivity contribution in [1.29, 1.82) is 0 Å². The van der Waals surface area contributed by atoms with E-state index in [1.165, 1.54) is 24.8 Å². The van der Waals surface area contributed by atoms with Gasteiger partial charge in [0.05, 0.1) is 31.4 Å². The van der Waals surface area contributed by atoms with E-state index in [-0.39, 0.29) is 11.4 Å². The molecular weight excluding hydrogens is 424 g/mol. The predicted octanol–water partition coefficient (Wildman–Crippen LogP) is 2.35. The molecule has 116 valence electrons. The lowest BCUT2D eigenvalue weighted by Gasteiger charge is -1.98. The highest BCUT2D eigenvalue weighted by Gasteiger charge is 2.07. The molecule has 22 heavy (non-hydrogen) atoms. The molecule has 2 aromatic rings. The van der Waals surface area contributed by atoms with Gasteiger partial charge in [0.2, 0.25) is 0 Å². The van der Waals surface area contributed by atoms with E-state index in [0.717, 1.165) is 0 Å². The van der Waals surface area contributed by atoms with E-state index in [0.29, 0.717) is 15.8 Å². The monoisotopic (exact) mass is 432 g/mol. The van der Waals surface area contributed by atoms with Crippen molar-refractivity contribution in [3.8, 4) is 0 Å². The maximum atomic E-state index is 11.0. The van der Waals surface area contributed by atoms with Crippen LogP contribution in [0.2, 0.25) is 0 Å². The van der Waals surface area contributed by atoms with Crippen molar-refractivity contribution < 1.29 is 19.4 Å². The summed E-state index contributed by atoms with van der Waals surface area (Å²) in [6.45, 7) is 2.08. The van der Waals surface area contributed by atoms with Crippen molar-refractivity contribution in [2.45, 2.75) is 6.92 Å². The number of carbonyl (C=O) groups is 2. The van der Waals surface area contributed by atoms with Gasteiger partial charge in [0.1, 0.15) is 9.21 Å². The van der Waals surface area contributed by atoms with Gasteiger partial charge in [-0.2, -0.15) is 0 Å². The molecule has 0 radical (unpaired) electrons. The summed E-state index contributed by atoms with van der Waals surface area (Å²) < 4.78 is 5.83. The van der Waals surface area contributed by atoms with Gasteiger partial charge in [-0.25, -0.2) is 29.5 Å². The Hall–Kier alpha value is -1.94. The second kappa shape index (κ2) is 9.15. The molecular formula is C12H10Br2N4O4. The van der Waals surface area contributed by atoms with E-state index in [1.54, 1.807) is 6.92 Å². The third kappa shape index (κ3) is 6.22. The fourth-order valence-corrected chi connectivity index (χ4v) is 1.45. The zero-order valence-corrected chi connectivity index (χ0v) is 14.4. The molecule has 0 aromatic carbocycles. The van der Waals surface area contributed by atoms with Gasteiger partial charge in [0.15, 0.2) is 11.4 Å². The summed E-state index contributed by atoms with van der Waals surface area (Å²) in [7, 11) is 0. The lowest BCUT2D eigenvalue weighted by atomic mass is 10.5. The van der Waals surface area contributed by atoms with Gasteiger partial charge in [-0.1, -0.05) is 0 Å². The van der Waals surface area contributed by atoms with E-state index >= 15 is 0 Å². The topological polar surface area (TPSA) is 115 Å². The van der Waals surface area contributed by atoms with E-state index in [9.17, 15) is 9.59 Å². The van der Waals surface area contributed by atoms with Crippen LogP contribution in [0.1, 0.15) is 27.9 Å². The van der Waals surface area contributed by atoms with Gasteiger partial charge in [-0.15, -0.1) is 0 Å². The molecule has 2 rings (SSSR count). The quantitative estimate of drug-likeness (QED) is 0.733. The van der Waals surface area contributed by atoms with Gasteiger partial charge in [0.25, 0.3) is 0 Å². The molecule has 1 N–H and O–H groups in total. The highest BCUT2D eigenvalue weighted by Crippen LogP contribution is 2.03. The summed E-state index contributed by atoms with van der Waals surface area (Å²) in [5.74, 6) is -1.52. The highest BCUT2D eigenvalue weighted by molar-refractivity contribution is 9.10. The van der Waals surface area contributed by atoms with E-state index in [4.69, 9.17) is 9.84 Å². The largest absolute Gasteiger partial charge is 0.476 e. The number of carboxylic acids is 1. The number of halogens is 2. The highest BCUT2D eigenvalue weighted by atomic mass is 79.9. The molecule has 0 bridgehead atoms. The zero-order valence-electron chi connectivity index (χ0n) is 11.2. The summed E-state index contributed by atoms with van der Waals surface area (Å²) in [5.41, 5.74) is 0.170. The molecule has 0 saturated heterocycles. The Morgan fingerprint density at radius 1 is 1.00 bits per heavy atom. The average Bonchev–Trinajstić information content (AvgIpc) is 2.49. The molecule has 2 heterocycles. The maximum Gasteiger partial charge on any atom is 0.358 e. The number of nitrogens with zero attached hydrogens (tertiary/aromatic N) is 4. The first-order valence-electron chi connectivity index (χ1n) is 5.79. The van der Waals surface area contributed by atoms with Crippen LogP contribution in [-0.4, -0.2) is 43.6 Å². The molecule has 10 heteroatoms.